The monoisotopic (exact) mass is 207 g/mol. The Hall–Kier alpha value is -1.06. The summed E-state index contributed by atoms with van der Waals surface area (Å²) in [6.07, 6.45) is 1.46. The van der Waals surface area contributed by atoms with Gasteiger partial charge in [0.05, 0.1) is 19.8 Å². The lowest BCUT2D eigenvalue weighted by Crippen LogP contribution is -2.16. The molecule has 0 aromatic heterocycles. The first-order chi connectivity index (χ1) is 7.40. The summed E-state index contributed by atoms with van der Waals surface area (Å²) in [4.78, 5) is 0. The molecular weight excluding hydrogens is 190 g/mol. The van der Waals surface area contributed by atoms with Crippen molar-refractivity contribution in [2.24, 2.45) is 0 Å². The Morgan fingerprint density at radius 1 is 1.40 bits per heavy atom. The summed E-state index contributed by atoms with van der Waals surface area (Å²) in [6.45, 7) is 2.67. The largest absolute Gasteiger partial charge is 0.496 e. The predicted molar refractivity (Wildman–Crippen MR) is 59.1 cm³/mol. The molecular formula is C12H17NO2. The summed E-state index contributed by atoms with van der Waals surface area (Å²) in [7, 11) is 1.69. The van der Waals surface area contributed by atoms with E-state index in [1.54, 1.807) is 7.11 Å². The molecule has 3 nitrogen and oxygen atoms in total. The van der Waals surface area contributed by atoms with Crippen LogP contribution in [0.25, 0.3) is 0 Å². The van der Waals surface area contributed by atoms with Crippen LogP contribution < -0.4 is 10.1 Å². The van der Waals surface area contributed by atoms with Crippen LogP contribution >= 0.6 is 0 Å². The average Bonchev–Trinajstić information content (AvgIpc) is 2.79. The average molecular weight is 207 g/mol. The van der Waals surface area contributed by atoms with Gasteiger partial charge in [-0.05, 0) is 19.0 Å². The van der Waals surface area contributed by atoms with Crippen LogP contribution in [0.3, 0.4) is 0 Å². The Morgan fingerprint density at radius 3 is 3.00 bits per heavy atom. The number of para-hydroxylation sites is 1. The van der Waals surface area contributed by atoms with Crippen LogP contribution in [0.4, 0.5) is 0 Å². The number of ether oxygens (including phenoxy) is 2. The molecule has 1 heterocycles. The molecule has 82 valence electrons. The topological polar surface area (TPSA) is 30.5 Å². The molecule has 1 aromatic carbocycles. The first-order valence-corrected chi connectivity index (χ1v) is 5.34. The van der Waals surface area contributed by atoms with E-state index >= 15 is 0 Å². The molecule has 0 aliphatic carbocycles. The highest BCUT2D eigenvalue weighted by atomic mass is 16.5. The minimum atomic E-state index is 0.356. The predicted octanol–water partition coefficient (Wildman–Crippen LogP) is 1.57. The first-order valence-electron chi connectivity index (χ1n) is 5.34. The van der Waals surface area contributed by atoms with Crippen molar-refractivity contribution in [2.75, 3.05) is 20.2 Å². The lowest BCUT2D eigenvalue weighted by molar-refractivity contribution is 0.0531. The molecule has 1 saturated heterocycles. The van der Waals surface area contributed by atoms with Crippen molar-refractivity contribution in [1.82, 2.24) is 5.32 Å². The van der Waals surface area contributed by atoms with Crippen molar-refractivity contribution in [3.63, 3.8) is 0 Å². The Kier molecular flexibility index (Phi) is 3.59. The summed E-state index contributed by atoms with van der Waals surface area (Å²) in [5.74, 6) is 0.906. The molecule has 0 bridgehead atoms. The minimum Gasteiger partial charge on any atom is -0.496 e. The standard InChI is InChI=1S/C12H17NO2/c1-14-12-5-3-2-4-10(12)9-15-11-6-7-13-8-11/h2-5,11,13H,6-9H2,1H3/t11-/m1/s1. The van der Waals surface area contributed by atoms with Gasteiger partial charge in [-0.1, -0.05) is 18.2 Å². The molecule has 1 aromatic rings. The Bertz CT molecular complexity index is 308. The van der Waals surface area contributed by atoms with E-state index in [1.165, 1.54) is 0 Å². The molecule has 0 unspecified atom stereocenters. The summed E-state index contributed by atoms with van der Waals surface area (Å²) >= 11 is 0. The van der Waals surface area contributed by atoms with E-state index < -0.39 is 0 Å². The van der Waals surface area contributed by atoms with Crippen LogP contribution in [0.1, 0.15) is 12.0 Å². The third kappa shape index (κ3) is 2.70. The maximum atomic E-state index is 5.79. The van der Waals surface area contributed by atoms with E-state index in [0.717, 1.165) is 30.8 Å². The van der Waals surface area contributed by atoms with Crippen LogP contribution in [0.15, 0.2) is 24.3 Å². The van der Waals surface area contributed by atoms with Gasteiger partial charge in [0.25, 0.3) is 0 Å². The summed E-state index contributed by atoms with van der Waals surface area (Å²) in [6, 6.07) is 7.99. The Balaban J connectivity index is 1.91. The van der Waals surface area contributed by atoms with Crippen molar-refractivity contribution in [2.45, 2.75) is 19.1 Å². The molecule has 1 N–H and O–H groups in total. The zero-order chi connectivity index (χ0) is 10.5. The number of rotatable bonds is 4. The normalized spacial score (nSPS) is 20.5. The van der Waals surface area contributed by atoms with Gasteiger partial charge in [-0.3, -0.25) is 0 Å². The van der Waals surface area contributed by atoms with Gasteiger partial charge in [0.15, 0.2) is 0 Å². The van der Waals surface area contributed by atoms with Gasteiger partial charge in [-0.15, -0.1) is 0 Å². The Morgan fingerprint density at radius 2 is 2.27 bits per heavy atom. The fourth-order valence-electron chi connectivity index (χ4n) is 1.80. The van der Waals surface area contributed by atoms with Crippen molar-refractivity contribution >= 4 is 0 Å². The van der Waals surface area contributed by atoms with Gasteiger partial charge in [0.1, 0.15) is 5.75 Å². The molecule has 1 atom stereocenters. The number of hydrogen-bond acceptors (Lipinski definition) is 3. The van der Waals surface area contributed by atoms with Crippen molar-refractivity contribution in [1.29, 1.82) is 0 Å². The number of nitrogens with one attached hydrogen (secondary N) is 1. The van der Waals surface area contributed by atoms with Gasteiger partial charge < -0.3 is 14.8 Å². The summed E-state index contributed by atoms with van der Waals surface area (Å²) < 4.78 is 11.1. The van der Waals surface area contributed by atoms with E-state index in [2.05, 4.69) is 5.32 Å². The van der Waals surface area contributed by atoms with E-state index in [-0.39, 0.29) is 0 Å². The maximum absolute atomic E-state index is 5.79. The smallest absolute Gasteiger partial charge is 0.124 e. The van der Waals surface area contributed by atoms with Gasteiger partial charge in [0.2, 0.25) is 0 Å². The second-order valence-electron chi connectivity index (χ2n) is 3.74. The lowest BCUT2D eigenvalue weighted by Gasteiger charge is -2.12. The van der Waals surface area contributed by atoms with Crippen LogP contribution in [0, 0.1) is 0 Å². The molecule has 1 aliphatic heterocycles. The molecule has 2 rings (SSSR count). The van der Waals surface area contributed by atoms with E-state index in [9.17, 15) is 0 Å². The molecule has 0 saturated carbocycles. The molecule has 0 radical (unpaired) electrons. The van der Waals surface area contributed by atoms with E-state index in [0.29, 0.717) is 12.7 Å². The molecule has 1 fully saturated rings. The van der Waals surface area contributed by atoms with E-state index in [1.807, 2.05) is 24.3 Å². The number of methoxy groups -OCH3 is 1. The summed E-state index contributed by atoms with van der Waals surface area (Å²) in [5, 5.41) is 3.28. The molecule has 3 heteroatoms. The Labute approximate surface area is 90.4 Å². The zero-order valence-corrected chi connectivity index (χ0v) is 9.03. The van der Waals surface area contributed by atoms with Crippen LogP contribution in [0.5, 0.6) is 5.75 Å². The fourth-order valence-corrected chi connectivity index (χ4v) is 1.80. The van der Waals surface area contributed by atoms with Crippen molar-refractivity contribution in [3.05, 3.63) is 29.8 Å². The highest BCUT2D eigenvalue weighted by molar-refractivity contribution is 5.32. The lowest BCUT2D eigenvalue weighted by atomic mass is 10.2. The molecule has 15 heavy (non-hydrogen) atoms. The zero-order valence-electron chi connectivity index (χ0n) is 9.03. The van der Waals surface area contributed by atoms with Crippen molar-refractivity contribution < 1.29 is 9.47 Å². The second-order valence-corrected chi connectivity index (χ2v) is 3.74. The summed E-state index contributed by atoms with van der Waals surface area (Å²) in [5.41, 5.74) is 1.12. The van der Waals surface area contributed by atoms with Crippen LogP contribution in [0.2, 0.25) is 0 Å². The SMILES string of the molecule is COc1ccccc1CO[C@@H]1CCNC1. The maximum Gasteiger partial charge on any atom is 0.124 e. The van der Waals surface area contributed by atoms with Gasteiger partial charge >= 0.3 is 0 Å². The minimum absolute atomic E-state index is 0.356. The van der Waals surface area contributed by atoms with Crippen LogP contribution in [-0.4, -0.2) is 26.3 Å². The van der Waals surface area contributed by atoms with Crippen LogP contribution in [-0.2, 0) is 11.3 Å². The molecule has 0 amide bonds. The third-order valence-corrected chi connectivity index (χ3v) is 2.68. The second kappa shape index (κ2) is 5.14. The van der Waals surface area contributed by atoms with Gasteiger partial charge in [0, 0.05) is 12.1 Å². The molecule has 0 spiro atoms. The van der Waals surface area contributed by atoms with Gasteiger partial charge in [-0.25, -0.2) is 0 Å². The third-order valence-electron chi connectivity index (χ3n) is 2.68. The van der Waals surface area contributed by atoms with E-state index in [4.69, 9.17) is 9.47 Å². The number of hydrogen-bond donors (Lipinski definition) is 1. The highest BCUT2D eigenvalue weighted by Crippen LogP contribution is 2.19. The fraction of sp³-hybridized carbons (Fsp3) is 0.500. The number of benzene rings is 1. The van der Waals surface area contributed by atoms with Crippen molar-refractivity contribution in [3.8, 4) is 5.75 Å². The quantitative estimate of drug-likeness (QED) is 0.813. The molecule has 1 aliphatic rings. The van der Waals surface area contributed by atoms with Gasteiger partial charge in [-0.2, -0.15) is 0 Å². The first kappa shape index (κ1) is 10.5. The highest BCUT2D eigenvalue weighted by Gasteiger charge is 2.15.